The summed E-state index contributed by atoms with van der Waals surface area (Å²) < 4.78 is 7.19. The molecule has 2 N–H and O–H groups in total. The van der Waals surface area contributed by atoms with E-state index in [1.165, 1.54) is 0 Å². The largest absolute Gasteiger partial charge is 0.497 e. The maximum atomic E-state index is 13.2. The van der Waals surface area contributed by atoms with E-state index in [-0.39, 0.29) is 17.5 Å². The van der Waals surface area contributed by atoms with Crippen molar-refractivity contribution in [3.05, 3.63) is 105 Å². The second kappa shape index (κ2) is 9.88. The topological polar surface area (TPSA) is 76.1 Å². The summed E-state index contributed by atoms with van der Waals surface area (Å²) in [7, 11) is 1.64. The molecule has 1 amide bonds. The van der Waals surface area contributed by atoms with Gasteiger partial charge in [0, 0.05) is 12.1 Å². The number of methoxy groups -OCH3 is 1. The van der Waals surface area contributed by atoms with Crippen LogP contribution in [0.25, 0.3) is 10.9 Å². The smallest absolute Gasteiger partial charge is 0.262 e. The fourth-order valence-electron chi connectivity index (χ4n) is 4.42. The Labute approximate surface area is 208 Å². The zero-order chi connectivity index (χ0) is 24.4. The van der Waals surface area contributed by atoms with Gasteiger partial charge in [0.25, 0.3) is 11.5 Å². The molecule has 5 rings (SSSR count). The molecule has 1 fully saturated rings. The van der Waals surface area contributed by atoms with Gasteiger partial charge in [0.15, 0.2) is 4.77 Å². The van der Waals surface area contributed by atoms with Crippen molar-refractivity contribution in [1.82, 2.24) is 14.9 Å². The number of amides is 1. The number of benzene rings is 3. The van der Waals surface area contributed by atoms with Crippen LogP contribution >= 0.6 is 12.2 Å². The maximum absolute atomic E-state index is 13.2. The molecule has 0 saturated heterocycles. The third-order valence-electron chi connectivity index (χ3n) is 6.57. The predicted octanol–water partition coefficient (Wildman–Crippen LogP) is 5.19. The molecule has 1 atom stereocenters. The van der Waals surface area contributed by atoms with Crippen molar-refractivity contribution >= 4 is 29.0 Å². The van der Waals surface area contributed by atoms with Crippen LogP contribution in [0.2, 0.25) is 0 Å². The normalized spacial score (nSPS) is 14.0. The van der Waals surface area contributed by atoms with Crippen LogP contribution in [-0.4, -0.2) is 22.6 Å². The lowest BCUT2D eigenvalue weighted by molar-refractivity contribution is 0.0932. The first-order valence-electron chi connectivity index (χ1n) is 11.8. The molecular formula is C28H27N3O3S. The average molecular weight is 486 g/mol. The third-order valence-corrected chi connectivity index (χ3v) is 6.89. The molecule has 4 aromatic rings. The fourth-order valence-corrected chi connectivity index (χ4v) is 4.71. The van der Waals surface area contributed by atoms with Gasteiger partial charge in [0.2, 0.25) is 0 Å². The molecule has 0 aliphatic heterocycles. The molecule has 1 unspecified atom stereocenters. The Kier molecular flexibility index (Phi) is 6.51. The van der Waals surface area contributed by atoms with Crippen LogP contribution in [-0.2, 0) is 13.0 Å². The average Bonchev–Trinajstić information content (AvgIpc) is 3.73. The first-order chi connectivity index (χ1) is 17.0. The summed E-state index contributed by atoms with van der Waals surface area (Å²) in [6.45, 7) is 0.487. The number of fused-ring (bicyclic) bond motifs is 1. The van der Waals surface area contributed by atoms with Gasteiger partial charge in [-0.15, -0.1) is 0 Å². The van der Waals surface area contributed by atoms with Gasteiger partial charge in [-0.1, -0.05) is 42.5 Å². The molecule has 0 radical (unpaired) electrons. The van der Waals surface area contributed by atoms with E-state index in [2.05, 4.69) is 10.3 Å². The van der Waals surface area contributed by atoms with E-state index in [0.717, 1.165) is 29.7 Å². The minimum atomic E-state index is -0.174. The number of nitrogens with one attached hydrogen (secondary N) is 2. The zero-order valence-corrected chi connectivity index (χ0v) is 20.3. The Hall–Kier alpha value is -3.71. The summed E-state index contributed by atoms with van der Waals surface area (Å²) in [6.07, 6.45) is 2.88. The van der Waals surface area contributed by atoms with E-state index in [4.69, 9.17) is 17.0 Å². The molecule has 1 aliphatic carbocycles. The molecule has 178 valence electrons. The zero-order valence-electron chi connectivity index (χ0n) is 19.5. The number of hydrogen-bond acceptors (Lipinski definition) is 4. The first-order valence-corrected chi connectivity index (χ1v) is 12.2. The highest BCUT2D eigenvalue weighted by Gasteiger charge is 2.33. The van der Waals surface area contributed by atoms with Crippen LogP contribution in [0.3, 0.4) is 0 Å². The van der Waals surface area contributed by atoms with Crippen molar-refractivity contribution in [1.29, 1.82) is 0 Å². The highest BCUT2D eigenvalue weighted by atomic mass is 32.1. The van der Waals surface area contributed by atoms with E-state index in [1.807, 2.05) is 54.6 Å². The standard InChI is InChI=1S/C28H27N3O3S/c1-34-22-12-9-20(10-13-22)25(19-7-8-19)30-26(32)21-11-14-23-24(17-21)29-28(35)31(27(23)33)16-15-18-5-3-2-4-6-18/h2-6,9-14,17,19,25H,7-8,15-16H2,1H3,(H,29,35)(H,30,32). The van der Waals surface area contributed by atoms with Gasteiger partial charge >= 0.3 is 0 Å². The third kappa shape index (κ3) is 5.05. The summed E-state index contributed by atoms with van der Waals surface area (Å²) in [5.41, 5.74) is 3.10. The van der Waals surface area contributed by atoms with Crippen LogP contribution < -0.4 is 15.6 Å². The highest BCUT2D eigenvalue weighted by molar-refractivity contribution is 7.71. The number of aromatic amines is 1. The van der Waals surface area contributed by atoms with Crippen LogP contribution in [0.5, 0.6) is 5.75 Å². The van der Waals surface area contributed by atoms with Crippen molar-refractivity contribution < 1.29 is 9.53 Å². The molecule has 6 nitrogen and oxygen atoms in total. The lowest BCUT2D eigenvalue weighted by Gasteiger charge is -2.19. The highest BCUT2D eigenvalue weighted by Crippen LogP contribution is 2.41. The number of nitrogens with zero attached hydrogens (tertiary/aromatic N) is 1. The predicted molar refractivity (Wildman–Crippen MR) is 139 cm³/mol. The second-order valence-electron chi connectivity index (χ2n) is 8.94. The van der Waals surface area contributed by atoms with Gasteiger partial charge in [-0.25, -0.2) is 0 Å². The molecule has 3 aromatic carbocycles. The number of H-pyrrole nitrogens is 1. The number of rotatable bonds is 8. The summed E-state index contributed by atoms with van der Waals surface area (Å²) in [5, 5.41) is 3.70. The van der Waals surface area contributed by atoms with Gasteiger partial charge in [0.1, 0.15) is 5.75 Å². The molecule has 1 aromatic heterocycles. The number of aromatic nitrogens is 2. The maximum Gasteiger partial charge on any atom is 0.262 e. The minimum absolute atomic E-state index is 0.0615. The van der Waals surface area contributed by atoms with E-state index in [0.29, 0.717) is 40.1 Å². The number of aryl methyl sites for hydroxylation is 1. The lowest BCUT2D eigenvalue weighted by Crippen LogP contribution is -2.30. The Balaban J connectivity index is 1.38. The van der Waals surface area contributed by atoms with E-state index in [1.54, 1.807) is 29.9 Å². The SMILES string of the molecule is COc1ccc(C(NC(=O)c2ccc3c(=O)n(CCc4ccccc4)c(=S)[nH]c3c2)C2CC2)cc1. The molecular weight excluding hydrogens is 458 g/mol. The van der Waals surface area contributed by atoms with E-state index < -0.39 is 0 Å². The Bertz CT molecular complexity index is 1470. The van der Waals surface area contributed by atoms with Gasteiger partial charge in [0.05, 0.1) is 24.1 Å². The number of hydrogen-bond donors (Lipinski definition) is 2. The number of carbonyl (C=O) groups is 1. The fraction of sp³-hybridized carbons (Fsp3) is 0.250. The second-order valence-corrected chi connectivity index (χ2v) is 9.33. The van der Waals surface area contributed by atoms with Gasteiger partial charge in [-0.05, 0) is 78.9 Å². The first kappa shape index (κ1) is 23.1. The minimum Gasteiger partial charge on any atom is -0.497 e. The molecule has 1 saturated carbocycles. The quantitative estimate of drug-likeness (QED) is 0.337. The van der Waals surface area contributed by atoms with E-state index in [9.17, 15) is 9.59 Å². The summed E-state index contributed by atoms with van der Waals surface area (Å²) >= 11 is 5.48. The number of ether oxygens (including phenoxy) is 1. The van der Waals surface area contributed by atoms with Gasteiger partial charge in [-0.3, -0.25) is 14.2 Å². The molecule has 7 heteroatoms. The van der Waals surface area contributed by atoms with Gasteiger partial charge in [-0.2, -0.15) is 0 Å². The molecule has 35 heavy (non-hydrogen) atoms. The van der Waals surface area contributed by atoms with Crippen molar-refractivity contribution in [2.75, 3.05) is 7.11 Å². The van der Waals surface area contributed by atoms with Crippen LogP contribution in [0, 0.1) is 10.7 Å². The van der Waals surface area contributed by atoms with Gasteiger partial charge < -0.3 is 15.0 Å². The van der Waals surface area contributed by atoms with Crippen molar-refractivity contribution in [3.8, 4) is 5.75 Å². The molecule has 1 aliphatic rings. The Morgan fingerprint density at radius 2 is 1.86 bits per heavy atom. The monoisotopic (exact) mass is 485 g/mol. The van der Waals surface area contributed by atoms with Crippen LogP contribution in [0.4, 0.5) is 0 Å². The summed E-state index contributed by atoms with van der Waals surface area (Å²) in [5.74, 6) is 1.04. The molecule has 1 heterocycles. The number of carbonyl (C=O) groups excluding carboxylic acids is 1. The van der Waals surface area contributed by atoms with Crippen molar-refractivity contribution in [2.45, 2.75) is 31.8 Å². The van der Waals surface area contributed by atoms with Crippen LogP contribution in [0.15, 0.2) is 77.6 Å². The van der Waals surface area contributed by atoms with Crippen molar-refractivity contribution in [2.24, 2.45) is 5.92 Å². The van der Waals surface area contributed by atoms with E-state index >= 15 is 0 Å². The summed E-state index contributed by atoms with van der Waals surface area (Å²) in [6, 6.07) is 22.9. The molecule has 0 spiro atoms. The molecule has 0 bridgehead atoms. The lowest BCUT2D eigenvalue weighted by atomic mass is 10.0. The summed E-state index contributed by atoms with van der Waals surface area (Å²) in [4.78, 5) is 29.4. The van der Waals surface area contributed by atoms with Crippen molar-refractivity contribution in [3.63, 3.8) is 0 Å². The Morgan fingerprint density at radius 1 is 1.11 bits per heavy atom. The van der Waals surface area contributed by atoms with Crippen LogP contribution in [0.1, 0.15) is 40.4 Å². The Morgan fingerprint density at radius 3 is 2.54 bits per heavy atom.